The average molecular weight is 340 g/mol. The number of nitrogens with zero attached hydrogens (tertiary/aromatic N) is 2. The number of sulfonamides is 1. The summed E-state index contributed by atoms with van der Waals surface area (Å²) in [4.78, 5) is 0.130. The molecular weight excluding hydrogens is 320 g/mol. The van der Waals surface area contributed by atoms with Crippen molar-refractivity contribution in [2.75, 3.05) is 13.1 Å². The van der Waals surface area contributed by atoms with Crippen LogP contribution in [0.15, 0.2) is 53.4 Å². The first-order valence-electron chi connectivity index (χ1n) is 8.06. The van der Waals surface area contributed by atoms with Crippen molar-refractivity contribution in [1.82, 2.24) is 4.31 Å². The van der Waals surface area contributed by atoms with Crippen LogP contribution in [0.2, 0.25) is 0 Å². The third-order valence-electron chi connectivity index (χ3n) is 4.58. The topological polar surface area (TPSA) is 61.2 Å². The van der Waals surface area contributed by atoms with E-state index in [4.69, 9.17) is 0 Å². The highest BCUT2D eigenvalue weighted by molar-refractivity contribution is 7.89. The molecule has 1 aliphatic heterocycles. The maximum absolute atomic E-state index is 12.9. The van der Waals surface area contributed by atoms with E-state index >= 15 is 0 Å². The average Bonchev–Trinajstić information content (AvgIpc) is 3.05. The lowest BCUT2D eigenvalue weighted by atomic mass is 9.99. The minimum Gasteiger partial charge on any atom is -0.207 e. The van der Waals surface area contributed by atoms with Crippen molar-refractivity contribution in [2.45, 2.75) is 24.7 Å². The summed E-state index contributed by atoms with van der Waals surface area (Å²) < 4.78 is 27.4. The Labute approximate surface area is 143 Å². The maximum Gasteiger partial charge on any atom is 0.244 e. The summed E-state index contributed by atoms with van der Waals surface area (Å²) in [5.74, 6) is 0.317. The summed E-state index contributed by atoms with van der Waals surface area (Å²) in [6, 6.07) is 17.2. The molecule has 1 aliphatic rings. The molecule has 3 rings (SSSR count). The van der Waals surface area contributed by atoms with E-state index in [-0.39, 0.29) is 10.5 Å². The fourth-order valence-electron chi connectivity index (χ4n) is 3.27. The van der Waals surface area contributed by atoms with E-state index in [2.05, 4.69) is 12.1 Å². The molecule has 1 fully saturated rings. The Bertz CT molecular complexity index is 870. The maximum atomic E-state index is 12.9. The zero-order valence-electron chi connectivity index (χ0n) is 13.6. The molecule has 1 heterocycles. The molecule has 0 radical (unpaired) electrons. The second-order valence-electron chi connectivity index (χ2n) is 6.27. The van der Waals surface area contributed by atoms with Gasteiger partial charge >= 0.3 is 0 Å². The fourth-order valence-corrected chi connectivity index (χ4v) is 5.01. The van der Waals surface area contributed by atoms with Gasteiger partial charge in [-0.3, -0.25) is 0 Å². The first-order chi connectivity index (χ1) is 11.5. The summed E-state index contributed by atoms with van der Waals surface area (Å²) in [6.45, 7) is 2.79. The molecular formula is C19H20N2O2S. The quantitative estimate of drug-likeness (QED) is 0.859. The van der Waals surface area contributed by atoms with Gasteiger partial charge in [0.2, 0.25) is 10.0 Å². The minimum absolute atomic E-state index is 0.130. The molecule has 0 spiro atoms. The van der Waals surface area contributed by atoms with Crippen LogP contribution in [0.4, 0.5) is 0 Å². The smallest absolute Gasteiger partial charge is 0.207 e. The molecule has 24 heavy (non-hydrogen) atoms. The Balaban J connectivity index is 1.80. The van der Waals surface area contributed by atoms with Crippen molar-refractivity contribution in [3.63, 3.8) is 0 Å². The predicted molar refractivity (Wildman–Crippen MR) is 92.9 cm³/mol. The minimum atomic E-state index is -3.62. The summed E-state index contributed by atoms with van der Waals surface area (Å²) in [5.41, 5.74) is 2.18. The molecule has 1 unspecified atom stereocenters. The first kappa shape index (κ1) is 16.7. The van der Waals surface area contributed by atoms with Gasteiger partial charge in [-0.15, -0.1) is 0 Å². The summed E-state index contributed by atoms with van der Waals surface area (Å²) in [7, 11) is -3.62. The summed E-state index contributed by atoms with van der Waals surface area (Å²) in [5, 5.41) is 9.32. The molecule has 0 aromatic heterocycles. The third kappa shape index (κ3) is 3.21. The van der Waals surface area contributed by atoms with Crippen LogP contribution in [0.1, 0.15) is 23.1 Å². The van der Waals surface area contributed by atoms with Gasteiger partial charge in [0.05, 0.1) is 5.56 Å². The highest BCUT2D eigenvalue weighted by Gasteiger charge is 2.34. The Morgan fingerprint density at radius 2 is 1.92 bits per heavy atom. The van der Waals surface area contributed by atoms with Crippen molar-refractivity contribution in [2.24, 2.45) is 5.92 Å². The van der Waals surface area contributed by atoms with Crippen LogP contribution in [-0.2, 0) is 16.4 Å². The van der Waals surface area contributed by atoms with Gasteiger partial charge in [0, 0.05) is 13.1 Å². The van der Waals surface area contributed by atoms with Crippen LogP contribution in [0.5, 0.6) is 0 Å². The normalized spacial score (nSPS) is 18.4. The number of rotatable bonds is 4. The van der Waals surface area contributed by atoms with Crippen LogP contribution in [-0.4, -0.2) is 25.8 Å². The van der Waals surface area contributed by atoms with E-state index in [9.17, 15) is 13.7 Å². The Hall–Kier alpha value is -2.16. The van der Waals surface area contributed by atoms with Crippen LogP contribution >= 0.6 is 0 Å². The van der Waals surface area contributed by atoms with Crippen molar-refractivity contribution < 1.29 is 8.42 Å². The van der Waals surface area contributed by atoms with E-state index in [0.717, 1.165) is 12.8 Å². The van der Waals surface area contributed by atoms with E-state index in [1.807, 2.05) is 24.3 Å². The lowest BCUT2D eigenvalue weighted by Crippen LogP contribution is -2.29. The predicted octanol–water partition coefficient (Wildman–Crippen LogP) is 3.12. The highest BCUT2D eigenvalue weighted by Crippen LogP contribution is 2.29. The van der Waals surface area contributed by atoms with Gasteiger partial charge in [0.15, 0.2) is 0 Å². The first-order valence-corrected chi connectivity index (χ1v) is 9.50. The molecule has 4 nitrogen and oxygen atoms in total. The molecule has 2 aromatic rings. The SMILES string of the molecule is Cc1cccc(S(=O)(=O)N2CCC(Cc3ccccc3)C2)c1C#N. The Morgan fingerprint density at radius 3 is 2.62 bits per heavy atom. The second kappa shape index (κ2) is 6.76. The summed E-state index contributed by atoms with van der Waals surface area (Å²) >= 11 is 0. The standard InChI is InChI=1S/C19H20N2O2S/c1-15-6-5-9-19(18(15)13-20)24(22,23)21-11-10-17(14-21)12-16-7-3-2-4-8-16/h2-9,17H,10-12,14H2,1H3. The monoisotopic (exact) mass is 340 g/mol. The van der Waals surface area contributed by atoms with Crippen LogP contribution < -0.4 is 0 Å². The Kier molecular flexibility index (Phi) is 4.70. The molecule has 0 aliphatic carbocycles. The number of aryl methyl sites for hydroxylation is 1. The number of nitriles is 1. The van der Waals surface area contributed by atoms with Crippen LogP contribution in [0, 0.1) is 24.2 Å². The highest BCUT2D eigenvalue weighted by atomic mass is 32.2. The van der Waals surface area contributed by atoms with Crippen LogP contribution in [0.25, 0.3) is 0 Å². The van der Waals surface area contributed by atoms with E-state index in [1.54, 1.807) is 19.1 Å². The molecule has 124 valence electrons. The molecule has 0 N–H and O–H groups in total. The number of hydrogen-bond donors (Lipinski definition) is 0. The van der Waals surface area contributed by atoms with Gasteiger partial charge in [0.1, 0.15) is 11.0 Å². The molecule has 0 saturated carbocycles. The molecule has 2 aromatic carbocycles. The zero-order valence-corrected chi connectivity index (χ0v) is 14.5. The second-order valence-corrected chi connectivity index (χ2v) is 8.17. The number of benzene rings is 2. The third-order valence-corrected chi connectivity index (χ3v) is 6.49. The molecule has 0 bridgehead atoms. The van der Waals surface area contributed by atoms with Crippen LogP contribution in [0.3, 0.4) is 0 Å². The largest absolute Gasteiger partial charge is 0.244 e. The molecule has 0 amide bonds. The zero-order chi connectivity index (χ0) is 17.2. The van der Waals surface area contributed by atoms with Crippen molar-refractivity contribution in [3.8, 4) is 6.07 Å². The van der Waals surface area contributed by atoms with E-state index in [1.165, 1.54) is 15.9 Å². The Morgan fingerprint density at radius 1 is 1.17 bits per heavy atom. The number of hydrogen-bond acceptors (Lipinski definition) is 3. The van der Waals surface area contributed by atoms with Gasteiger partial charge in [-0.05, 0) is 42.9 Å². The van der Waals surface area contributed by atoms with Crippen molar-refractivity contribution in [1.29, 1.82) is 5.26 Å². The van der Waals surface area contributed by atoms with E-state index in [0.29, 0.717) is 24.6 Å². The van der Waals surface area contributed by atoms with Gasteiger partial charge < -0.3 is 0 Å². The summed E-state index contributed by atoms with van der Waals surface area (Å²) in [6.07, 6.45) is 1.73. The van der Waals surface area contributed by atoms with Crippen molar-refractivity contribution >= 4 is 10.0 Å². The molecule has 5 heteroatoms. The van der Waals surface area contributed by atoms with Gasteiger partial charge in [0.25, 0.3) is 0 Å². The lowest BCUT2D eigenvalue weighted by Gasteiger charge is -2.18. The van der Waals surface area contributed by atoms with Gasteiger partial charge in [-0.2, -0.15) is 9.57 Å². The molecule has 1 saturated heterocycles. The van der Waals surface area contributed by atoms with Crippen molar-refractivity contribution in [3.05, 3.63) is 65.2 Å². The fraction of sp³-hybridized carbons (Fsp3) is 0.316. The lowest BCUT2D eigenvalue weighted by molar-refractivity contribution is 0.455. The van der Waals surface area contributed by atoms with E-state index < -0.39 is 10.0 Å². The van der Waals surface area contributed by atoms with Gasteiger partial charge in [-0.25, -0.2) is 8.42 Å². The van der Waals surface area contributed by atoms with Gasteiger partial charge in [-0.1, -0.05) is 42.5 Å². The molecule has 1 atom stereocenters.